The van der Waals surface area contributed by atoms with Crippen LogP contribution in [0.4, 0.5) is 11.6 Å². The summed E-state index contributed by atoms with van der Waals surface area (Å²) in [6.45, 7) is 3.21. The number of anilines is 2. The quantitative estimate of drug-likeness (QED) is 0.502. The highest BCUT2D eigenvalue weighted by Gasteiger charge is 2.40. The van der Waals surface area contributed by atoms with Gasteiger partial charge in [-0.2, -0.15) is 0 Å². The monoisotopic (exact) mass is 207 g/mol. The van der Waals surface area contributed by atoms with Crippen LogP contribution in [0, 0.1) is 5.41 Å². The van der Waals surface area contributed by atoms with Crippen LogP contribution >= 0.6 is 0 Å². The summed E-state index contributed by atoms with van der Waals surface area (Å²) < 4.78 is 0. The van der Waals surface area contributed by atoms with Crippen LogP contribution in [0.3, 0.4) is 0 Å². The van der Waals surface area contributed by atoms with Gasteiger partial charge in [-0.3, -0.25) is 4.98 Å². The first-order valence-electron chi connectivity index (χ1n) is 5.30. The summed E-state index contributed by atoms with van der Waals surface area (Å²) in [6, 6.07) is 0. The predicted octanol–water partition coefficient (Wildman–Crippen LogP) is 1.36. The maximum absolute atomic E-state index is 5.26. The van der Waals surface area contributed by atoms with E-state index in [4.69, 9.17) is 5.84 Å². The van der Waals surface area contributed by atoms with E-state index in [2.05, 4.69) is 27.6 Å². The molecule has 1 aliphatic rings. The maximum Gasteiger partial charge on any atom is 0.160 e. The molecule has 1 saturated carbocycles. The Balaban J connectivity index is 1.93. The third kappa shape index (κ3) is 2.36. The first-order chi connectivity index (χ1) is 7.28. The highest BCUT2D eigenvalue weighted by molar-refractivity contribution is 5.40. The first kappa shape index (κ1) is 10.2. The molecule has 5 nitrogen and oxygen atoms in total. The SMILES string of the molecule is CCC1(CNc2cncc(NN)n2)CC1. The van der Waals surface area contributed by atoms with Crippen molar-refractivity contribution in [1.82, 2.24) is 9.97 Å². The first-order valence-corrected chi connectivity index (χ1v) is 5.30. The predicted molar refractivity (Wildman–Crippen MR) is 60.3 cm³/mol. The molecule has 1 aromatic heterocycles. The number of rotatable bonds is 5. The van der Waals surface area contributed by atoms with Crippen molar-refractivity contribution in [2.45, 2.75) is 26.2 Å². The van der Waals surface area contributed by atoms with E-state index in [-0.39, 0.29) is 0 Å². The van der Waals surface area contributed by atoms with Gasteiger partial charge in [-0.1, -0.05) is 6.92 Å². The lowest BCUT2D eigenvalue weighted by atomic mass is 10.0. The second-order valence-corrected chi connectivity index (χ2v) is 4.14. The van der Waals surface area contributed by atoms with E-state index in [1.54, 1.807) is 12.4 Å². The molecule has 0 atom stereocenters. The molecule has 4 N–H and O–H groups in total. The van der Waals surface area contributed by atoms with Crippen molar-refractivity contribution in [3.63, 3.8) is 0 Å². The summed E-state index contributed by atoms with van der Waals surface area (Å²) in [6.07, 6.45) is 7.17. The average molecular weight is 207 g/mol. The minimum atomic E-state index is 0.508. The molecule has 1 aromatic rings. The second-order valence-electron chi connectivity index (χ2n) is 4.14. The van der Waals surface area contributed by atoms with Gasteiger partial charge in [0, 0.05) is 6.54 Å². The molecule has 1 heterocycles. The van der Waals surface area contributed by atoms with Crippen LogP contribution in [0.15, 0.2) is 12.4 Å². The number of nitrogens with zero attached hydrogens (tertiary/aromatic N) is 2. The lowest BCUT2D eigenvalue weighted by Crippen LogP contribution is -2.16. The maximum atomic E-state index is 5.26. The van der Waals surface area contributed by atoms with Crippen molar-refractivity contribution in [3.05, 3.63) is 12.4 Å². The lowest BCUT2D eigenvalue weighted by Gasteiger charge is -2.13. The summed E-state index contributed by atoms with van der Waals surface area (Å²) in [4.78, 5) is 8.28. The van der Waals surface area contributed by atoms with Crippen molar-refractivity contribution >= 4 is 11.6 Å². The zero-order valence-corrected chi connectivity index (χ0v) is 8.95. The van der Waals surface area contributed by atoms with Gasteiger partial charge >= 0.3 is 0 Å². The number of nitrogens with one attached hydrogen (secondary N) is 2. The van der Waals surface area contributed by atoms with E-state index >= 15 is 0 Å². The van der Waals surface area contributed by atoms with Gasteiger partial charge in [-0.15, -0.1) is 0 Å². The summed E-state index contributed by atoms with van der Waals surface area (Å²) in [5.41, 5.74) is 2.99. The Bertz CT molecular complexity index is 334. The fraction of sp³-hybridized carbons (Fsp3) is 0.600. The lowest BCUT2D eigenvalue weighted by molar-refractivity contribution is 0.520. The Hall–Kier alpha value is -1.36. The van der Waals surface area contributed by atoms with Crippen LogP contribution in [0.1, 0.15) is 26.2 Å². The molecule has 82 valence electrons. The molecular formula is C10H17N5. The van der Waals surface area contributed by atoms with Crippen LogP contribution in [0.25, 0.3) is 0 Å². The van der Waals surface area contributed by atoms with Crippen molar-refractivity contribution in [2.75, 3.05) is 17.3 Å². The van der Waals surface area contributed by atoms with Gasteiger partial charge in [0.1, 0.15) is 5.82 Å². The molecular weight excluding hydrogens is 190 g/mol. The van der Waals surface area contributed by atoms with Crippen LogP contribution in [0.2, 0.25) is 0 Å². The van der Waals surface area contributed by atoms with Gasteiger partial charge in [0.15, 0.2) is 5.82 Å². The molecule has 1 aliphatic carbocycles. The van der Waals surface area contributed by atoms with Gasteiger partial charge in [0.05, 0.1) is 12.4 Å². The van der Waals surface area contributed by atoms with Gasteiger partial charge < -0.3 is 10.7 Å². The molecule has 5 heteroatoms. The molecule has 1 fully saturated rings. The van der Waals surface area contributed by atoms with E-state index < -0.39 is 0 Å². The van der Waals surface area contributed by atoms with Gasteiger partial charge in [0.25, 0.3) is 0 Å². The molecule has 15 heavy (non-hydrogen) atoms. The van der Waals surface area contributed by atoms with Gasteiger partial charge in [-0.05, 0) is 24.7 Å². The Morgan fingerprint density at radius 3 is 2.73 bits per heavy atom. The molecule has 0 saturated heterocycles. The van der Waals surface area contributed by atoms with E-state index in [0.29, 0.717) is 11.2 Å². The highest BCUT2D eigenvalue weighted by Crippen LogP contribution is 2.48. The van der Waals surface area contributed by atoms with E-state index in [1.807, 2.05) is 0 Å². The van der Waals surface area contributed by atoms with E-state index in [0.717, 1.165) is 12.4 Å². The van der Waals surface area contributed by atoms with Crippen LogP contribution in [-0.2, 0) is 0 Å². The summed E-state index contributed by atoms with van der Waals surface area (Å²) >= 11 is 0. The smallest absolute Gasteiger partial charge is 0.160 e. The molecule has 0 unspecified atom stereocenters. The molecule has 2 rings (SSSR count). The largest absolute Gasteiger partial charge is 0.368 e. The van der Waals surface area contributed by atoms with Crippen LogP contribution < -0.4 is 16.6 Å². The molecule has 0 radical (unpaired) electrons. The number of hydrogen-bond donors (Lipinski definition) is 3. The minimum Gasteiger partial charge on any atom is -0.368 e. The Morgan fingerprint density at radius 1 is 1.40 bits per heavy atom. The van der Waals surface area contributed by atoms with E-state index in [1.165, 1.54) is 19.3 Å². The van der Waals surface area contributed by atoms with Crippen molar-refractivity contribution in [3.8, 4) is 0 Å². The Labute approximate surface area is 89.5 Å². The number of hydrazine groups is 1. The number of aromatic nitrogens is 2. The summed E-state index contributed by atoms with van der Waals surface area (Å²) in [5.74, 6) is 6.63. The van der Waals surface area contributed by atoms with Crippen LogP contribution in [0.5, 0.6) is 0 Å². The molecule has 0 amide bonds. The number of nitrogen functional groups attached to an aromatic ring is 1. The summed E-state index contributed by atoms with van der Waals surface area (Å²) in [5, 5.41) is 3.30. The topological polar surface area (TPSA) is 75.9 Å². The molecule has 0 aromatic carbocycles. The Morgan fingerprint density at radius 2 is 2.13 bits per heavy atom. The van der Waals surface area contributed by atoms with Crippen molar-refractivity contribution in [2.24, 2.45) is 11.3 Å². The molecule has 0 bridgehead atoms. The number of nitrogens with two attached hydrogens (primary N) is 1. The van der Waals surface area contributed by atoms with Crippen LogP contribution in [-0.4, -0.2) is 16.5 Å². The van der Waals surface area contributed by atoms with Crippen molar-refractivity contribution < 1.29 is 0 Å². The molecule has 0 aliphatic heterocycles. The van der Waals surface area contributed by atoms with E-state index in [9.17, 15) is 0 Å². The molecule has 0 spiro atoms. The third-order valence-corrected chi connectivity index (χ3v) is 3.13. The summed E-state index contributed by atoms with van der Waals surface area (Å²) in [7, 11) is 0. The fourth-order valence-corrected chi connectivity index (χ4v) is 1.63. The highest BCUT2D eigenvalue weighted by atomic mass is 15.3. The minimum absolute atomic E-state index is 0.508. The standard InChI is InChI=1S/C10H17N5/c1-2-10(3-4-10)7-13-8-5-12-6-9(14-8)15-11/h5-6H,2-4,7,11H2,1H3,(H2,13,14,15). The van der Waals surface area contributed by atoms with Crippen molar-refractivity contribution in [1.29, 1.82) is 0 Å². The van der Waals surface area contributed by atoms with Gasteiger partial charge in [-0.25, -0.2) is 10.8 Å². The average Bonchev–Trinajstić information content (AvgIpc) is 3.07. The number of hydrogen-bond acceptors (Lipinski definition) is 5. The van der Waals surface area contributed by atoms with Gasteiger partial charge in [0.2, 0.25) is 0 Å². The zero-order chi connectivity index (χ0) is 10.7. The third-order valence-electron chi connectivity index (χ3n) is 3.13. The fourth-order valence-electron chi connectivity index (χ4n) is 1.63. The zero-order valence-electron chi connectivity index (χ0n) is 8.95. The second kappa shape index (κ2) is 4.02. The normalized spacial score (nSPS) is 17.2. The Kier molecular flexibility index (Phi) is 2.73.